The molecule has 8 nitrogen and oxygen atoms in total. The first kappa shape index (κ1) is 23.0. The van der Waals surface area contributed by atoms with Crippen molar-refractivity contribution in [1.29, 1.82) is 0 Å². The van der Waals surface area contributed by atoms with Crippen molar-refractivity contribution in [3.63, 3.8) is 0 Å². The van der Waals surface area contributed by atoms with E-state index >= 15 is 0 Å². The van der Waals surface area contributed by atoms with Crippen molar-refractivity contribution < 1.29 is 23.9 Å². The van der Waals surface area contributed by atoms with Gasteiger partial charge in [0.2, 0.25) is 5.91 Å². The van der Waals surface area contributed by atoms with Crippen LogP contribution in [-0.2, 0) is 14.3 Å². The van der Waals surface area contributed by atoms with E-state index in [2.05, 4.69) is 5.32 Å². The minimum Gasteiger partial charge on any atom is -0.428 e. The van der Waals surface area contributed by atoms with Crippen molar-refractivity contribution in [2.24, 2.45) is 0 Å². The Bertz CT molecular complexity index is 820. The maximum absolute atomic E-state index is 12.5. The molecule has 1 aromatic rings. The summed E-state index contributed by atoms with van der Waals surface area (Å²) in [5.41, 5.74) is 1.05. The fourth-order valence-corrected chi connectivity index (χ4v) is 3.04. The third kappa shape index (κ3) is 6.65. The van der Waals surface area contributed by atoms with Gasteiger partial charge >= 0.3 is 12.1 Å². The van der Waals surface area contributed by atoms with Crippen LogP contribution in [0.5, 0.6) is 5.75 Å². The van der Waals surface area contributed by atoms with E-state index in [4.69, 9.17) is 9.47 Å². The molecule has 0 spiro atoms. The van der Waals surface area contributed by atoms with Gasteiger partial charge in [-0.05, 0) is 64.1 Å². The smallest absolute Gasteiger partial charge is 0.411 e. The molecule has 1 aliphatic rings. The number of benzene rings is 1. The second kappa shape index (κ2) is 10.5. The van der Waals surface area contributed by atoms with Crippen molar-refractivity contribution in [3.05, 3.63) is 48.2 Å². The number of hydrogen-bond acceptors (Lipinski definition) is 6. The summed E-state index contributed by atoms with van der Waals surface area (Å²) in [7, 11) is 0. The third-order valence-corrected chi connectivity index (χ3v) is 4.29. The van der Waals surface area contributed by atoms with Crippen molar-refractivity contribution in [2.75, 3.05) is 18.6 Å². The maximum atomic E-state index is 12.5. The van der Waals surface area contributed by atoms with Crippen molar-refractivity contribution in [3.8, 4) is 5.75 Å². The number of hydrogen-bond donors (Lipinski definition) is 1. The van der Waals surface area contributed by atoms with Gasteiger partial charge in [-0.2, -0.15) is 0 Å². The number of rotatable bonds is 7. The van der Waals surface area contributed by atoms with E-state index in [-0.39, 0.29) is 31.3 Å². The average molecular weight is 415 g/mol. The highest BCUT2D eigenvalue weighted by Crippen LogP contribution is 2.18. The molecular formula is C22H29N3O5. The number of nitrogens with zero attached hydrogens (tertiary/aromatic N) is 2. The highest BCUT2D eigenvalue weighted by molar-refractivity contribution is 5.91. The Labute approximate surface area is 177 Å². The molecule has 0 radical (unpaired) electrons. The summed E-state index contributed by atoms with van der Waals surface area (Å²) < 4.78 is 10.8. The summed E-state index contributed by atoms with van der Waals surface area (Å²) >= 11 is 0. The van der Waals surface area contributed by atoms with E-state index in [9.17, 15) is 14.4 Å². The Morgan fingerprint density at radius 3 is 2.30 bits per heavy atom. The molecule has 30 heavy (non-hydrogen) atoms. The largest absolute Gasteiger partial charge is 0.428 e. The molecule has 2 amide bonds. The van der Waals surface area contributed by atoms with E-state index in [1.165, 1.54) is 6.92 Å². The lowest BCUT2D eigenvalue weighted by molar-refractivity contribution is -0.130. The maximum Gasteiger partial charge on any atom is 0.411 e. The van der Waals surface area contributed by atoms with Gasteiger partial charge in [0.25, 0.3) is 0 Å². The number of carbonyl (C=O) groups excluding carboxylic acids is 3. The van der Waals surface area contributed by atoms with Crippen LogP contribution in [0, 0.1) is 0 Å². The fraction of sp³-hybridized carbons (Fsp3) is 0.409. The highest BCUT2D eigenvalue weighted by atomic mass is 16.6. The zero-order chi connectivity index (χ0) is 22.3. The van der Waals surface area contributed by atoms with Crippen LogP contribution in [-0.4, -0.2) is 53.1 Å². The molecule has 1 aromatic carbocycles. The second-order valence-corrected chi connectivity index (χ2v) is 7.51. The molecule has 0 fully saturated rings. The Morgan fingerprint density at radius 2 is 1.73 bits per heavy atom. The summed E-state index contributed by atoms with van der Waals surface area (Å²) in [4.78, 5) is 39.2. The quantitative estimate of drug-likeness (QED) is 0.542. The molecule has 0 bridgehead atoms. The Kier molecular flexibility index (Phi) is 8.03. The van der Waals surface area contributed by atoms with Crippen LogP contribution in [0.4, 0.5) is 10.5 Å². The number of carbonyl (C=O) groups is 3. The highest BCUT2D eigenvalue weighted by Gasteiger charge is 2.23. The van der Waals surface area contributed by atoms with Crippen LogP contribution in [0.3, 0.4) is 0 Å². The van der Waals surface area contributed by atoms with E-state index in [0.717, 1.165) is 0 Å². The van der Waals surface area contributed by atoms with Gasteiger partial charge in [0.05, 0.1) is 12.1 Å². The van der Waals surface area contributed by atoms with Crippen LogP contribution < -0.4 is 10.1 Å². The van der Waals surface area contributed by atoms with Gasteiger partial charge in [0.1, 0.15) is 5.75 Å². The lowest BCUT2D eigenvalue weighted by Crippen LogP contribution is -2.43. The topological polar surface area (TPSA) is 88.2 Å². The molecule has 1 heterocycles. The zero-order valence-corrected chi connectivity index (χ0v) is 18.0. The normalized spacial score (nSPS) is 13.2. The van der Waals surface area contributed by atoms with E-state index in [0.29, 0.717) is 17.0 Å². The van der Waals surface area contributed by atoms with Crippen LogP contribution in [0.15, 0.2) is 48.2 Å². The average Bonchev–Trinajstić information content (AvgIpc) is 2.67. The standard InChI is InChI=1S/C22H29N3O5/c1-15(2)25(16(3)4)22(28)29-14-24-12-6-7-18(13-24)21(27)30-20-10-8-19(9-11-20)23-17(5)26/h6-12,15-16H,13-14H2,1-5H3,(H,23,26). The minimum atomic E-state index is -0.492. The van der Waals surface area contributed by atoms with Gasteiger partial charge < -0.3 is 24.6 Å². The summed E-state index contributed by atoms with van der Waals surface area (Å²) in [6, 6.07) is 6.57. The Hall–Kier alpha value is -3.29. The zero-order valence-electron chi connectivity index (χ0n) is 18.0. The number of ether oxygens (including phenoxy) is 2. The van der Waals surface area contributed by atoms with E-state index < -0.39 is 12.1 Å². The van der Waals surface area contributed by atoms with E-state index in [1.807, 2.05) is 27.7 Å². The number of nitrogens with one attached hydrogen (secondary N) is 1. The first-order valence-electron chi connectivity index (χ1n) is 9.83. The van der Waals surface area contributed by atoms with Crippen LogP contribution in [0.1, 0.15) is 34.6 Å². The summed E-state index contributed by atoms with van der Waals surface area (Å²) in [5, 5.41) is 2.65. The third-order valence-electron chi connectivity index (χ3n) is 4.29. The van der Waals surface area contributed by atoms with Crippen LogP contribution in [0.25, 0.3) is 0 Å². The van der Waals surface area contributed by atoms with Gasteiger partial charge in [-0.3, -0.25) is 4.79 Å². The monoisotopic (exact) mass is 415 g/mol. The van der Waals surface area contributed by atoms with Gasteiger partial charge in [0, 0.05) is 30.9 Å². The van der Waals surface area contributed by atoms with Crippen molar-refractivity contribution in [1.82, 2.24) is 9.80 Å². The number of allylic oxidation sites excluding steroid dienone is 2. The SMILES string of the molecule is CC(=O)Nc1ccc(OC(=O)C2=CC=CN(COC(=O)N(C(C)C)C(C)C)C2)cc1. The second-order valence-electron chi connectivity index (χ2n) is 7.51. The lowest BCUT2D eigenvalue weighted by atomic mass is 10.2. The molecule has 2 rings (SSSR count). The molecule has 0 unspecified atom stereocenters. The lowest BCUT2D eigenvalue weighted by Gasteiger charge is -2.31. The minimum absolute atomic E-state index is 0.0249. The van der Waals surface area contributed by atoms with E-state index in [1.54, 1.807) is 52.4 Å². The molecule has 0 saturated carbocycles. The molecule has 1 aliphatic heterocycles. The van der Waals surface area contributed by atoms with Crippen molar-refractivity contribution in [2.45, 2.75) is 46.7 Å². The molecule has 0 aliphatic carbocycles. The first-order chi connectivity index (χ1) is 14.2. The summed E-state index contributed by atoms with van der Waals surface area (Å²) in [6.45, 7) is 9.44. The first-order valence-corrected chi connectivity index (χ1v) is 9.83. The summed E-state index contributed by atoms with van der Waals surface area (Å²) in [6.07, 6.45) is 4.73. The van der Waals surface area contributed by atoms with Crippen molar-refractivity contribution >= 4 is 23.7 Å². The van der Waals surface area contributed by atoms with Crippen LogP contribution >= 0.6 is 0 Å². The number of anilines is 1. The Morgan fingerprint density at radius 1 is 1.10 bits per heavy atom. The van der Waals surface area contributed by atoms with Gasteiger partial charge in [0.15, 0.2) is 6.73 Å². The molecule has 1 N–H and O–H groups in total. The van der Waals surface area contributed by atoms with Gasteiger partial charge in [-0.1, -0.05) is 0 Å². The predicted molar refractivity (Wildman–Crippen MR) is 114 cm³/mol. The fourth-order valence-electron chi connectivity index (χ4n) is 3.04. The molecule has 0 aromatic heterocycles. The number of amides is 2. The molecule has 0 saturated heterocycles. The molecule has 162 valence electrons. The van der Waals surface area contributed by atoms with Gasteiger partial charge in [-0.15, -0.1) is 0 Å². The van der Waals surface area contributed by atoms with Crippen LogP contribution in [0.2, 0.25) is 0 Å². The summed E-state index contributed by atoms with van der Waals surface area (Å²) in [5.74, 6) is -0.300. The predicted octanol–water partition coefficient (Wildman–Crippen LogP) is 3.52. The Balaban J connectivity index is 1.89. The molecular weight excluding hydrogens is 386 g/mol. The molecule has 0 atom stereocenters. The molecule has 8 heteroatoms. The van der Waals surface area contributed by atoms with Gasteiger partial charge in [-0.25, -0.2) is 9.59 Å². The number of esters is 1.